The lowest BCUT2D eigenvalue weighted by atomic mass is 10.0. The van der Waals surface area contributed by atoms with E-state index in [9.17, 15) is 18.4 Å². The number of amides is 2. The molecule has 0 aliphatic carbocycles. The second kappa shape index (κ2) is 10.6. The van der Waals surface area contributed by atoms with E-state index in [0.717, 1.165) is 47.4 Å². The van der Waals surface area contributed by atoms with Crippen LogP contribution in [-0.2, 0) is 4.74 Å². The van der Waals surface area contributed by atoms with Gasteiger partial charge in [-0.05, 0) is 51.8 Å². The van der Waals surface area contributed by atoms with Gasteiger partial charge in [0, 0.05) is 36.1 Å². The molecule has 204 valence electrons. The number of rotatable bonds is 5. The number of benzene rings is 1. The molecule has 39 heavy (non-hydrogen) atoms. The van der Waals surface area contributed by atoms with Gasteiger partial charge < -0.3 is 25.3 Å². The normalized spacial score (nSPS) is 15.8. The maximum atomic E-state index is 14.2. The Morgan fingerprint density at radius 1 is 1.21 bits per heavy atom. The molecular weight excluding hydrogens is 526 g/mol. The van der Waals surface area contributed by atoms with Gasteiger partial charge in [-0.2, -0.15) is 0 Å². The number of pyridine rings is 1. The average Bonchev–Trinajstić information content (AvgIpc) is 3.53. The number of alkyl carbamates (subject to hydrolysis) is 1. The quantitative estimate of drug-likeness (QED) is 0.291. The molecule has 1 aliphatic heterocycles. The number of halogens is 2. The number of ether oxygens (including phenoxy) is 1. The molecule has 0 saturated carbocycles. The second-order valence-electron chi connectivity index (χ2n) is 10.3. The monoisotopic (exact) mass is 554 g/mol. The lowest BCUT2D eigenvalue weighted by Crippen LogP contribution is -2.49. The third kappa shape index (κ3) is 5.85. The van der Waals surface area contributed by atoms with Crippen LogP contribution in [0.2, 0.25) is 0 Å². The van der Waals surface area contributed by atoms with E-state index in [-0.39, 0.29) is 22.3 Å². The van der Waals surface area contributed by atoms with Crippen LogP contribution in [0.5, 0.6) is 0 Å². The van der Waals surface area contributed by atoms with Gasteiger partial charge in [0.25, 0.3) is 5.91 Å². The first-order valence-electron chi connectivity index (χ1n) is 12.5. The summed E-state index contributed by atoms with van der Waals surface area (Å²) in [6.45, 7) is 6.64. The highest BCUT2D eigenvalue weighted by atomic mass is 32.1. The molecule has 1 aromatic carbocycles. The van der Waals surface area contributed by atoms with Gasteiger partial charge in [-0.1, -0.05) is 6.07 Å². The largest absolute Gasteiger partial charge is 0.444 e. The minimum absolute atomic E-state index is 0.0286. The lowest BCUT2D eigenvalue weighted by molar-refractivity contribution is 0.0500. The fourth-order valence-electron chi connectivity index (χ4n) is 4.58. The molecule has 1 aliphatic rings. The molecule has 0 bridgehead atoms. The molecule has 5 rings (SSSR count). The number of carbonyl (C=O) groups is 2. The van der Waals surface area contributed by atoms with E-state index < -0.39 is 29.2 Å². The number of hydrogen-bond acceptors (Lipinski definition) is 7. The van der Waals surface area contributed by atoms with Crippen molar-refractivity contribution in [2.45, 2.75) is 45.3 Å². The smallest absolute Gasteiger partial charge is 0.407 e. The molecule has 1 fully saturated rings. The summed E-state index contributed by atoms with van der Waals surface area (Å²) in [5, 5.41) is 8.16. The SMILES string of the molecule is CC(C)(C)OC(=O)N[C@H]1CCCN(c2c(NC(=O)c3csc(-c4c(F)cccc4F)n3)cnc3[nH]ccc23)C1. The molecular formula is C27H28F2N6O3S. The Kier molecular flexibility index (Phi) is 7.21. The number of piperidine rings is 1. The summed E-state index contributed by atoms with van der Waals surface area (Å²) >= 11 is 0.981. The number of fused-ring (bicyclic) bond motifs is 1. The molecule has 3 N–H and O–H groups in total. The van der Waals surface area contributed by atoms with E-state index in [2.05, 4.69) is 30.5 Å². The molecule has 1 saturated heterocycles. The van der Waals surface area contributed by atoms with Gasteiger partial charge in [0.1, 0.15) is 33.6 Å². The fraction of sp³-hybridized carbons (Fsp3) is 0.333. The molecule has 4 heterocycles. The molecule has 1 atom stereocenters. The van der Waals surface area contributed by atoms with E-state index in [4.69, 9.17) is 4.74 Å². The summed E-state index contributed by atoms with van der Waals surface area (Å²) < 4.78 is 33.9. The molecule has 4 aromatic rings. The second-order valence-corrected chi connectivity index (χ2v) is 11.1. The number of hydrogen-bond donors (Lipinski definition) is 3. The molecule has 0 radical (unpaired) electrons. The van der Waals surface area contributed by atoms with E-state index in [1.807, 2.05) is 26.8 Å². The van der Waals surface area contributed by atoms with Crippen LogP contribution >= 0.6 is 11.3 Å². The zero-order chi connectivity index (χ0) is 27.7. The highest BCUT2D eigenvalue weighted by Gasteiger charge is 2.28. The Balaban J connectivity index is 1.39. The Bertz CT molecular complexity index is 1510. The van der Waals surface area contributed by atoms with Crippen molar-refractivity contribution < 1.29 is 23.1 Å². The minimum Gasteiger partial charge on any atom is -0.444 e. The first kappa shape index (κ1) is 26.5. The zero-order valence-corrected chi connectivity index (χ0v) is 22.5. The summed E-state index contributed by atoms with van der Waals surface area (Å²) in [4.78, 5) is 39.4. The average molecular weight is 555 g/mol. The summed E-state index contributed by atoms with van der Waals surface area (Å²) in [5.41, 5.74) is 1.01. The van der Waals surface area contributed by atoms with Crippen molar-refractivity contribution in [2.75, 3.05) is 23.3 Å². The van der Waals surface area contributed by atoms with Crippen LogP contribution in [0.3, 0.4) is 0 Å². The summed E-state index contributed by atoms with van der Waals surface area (Å²) in [7, 11) is 0. The first-order valence-corrected chi connectivity index (χ1v) is 13.4. The molecule has 12 heteroatoms. The van der Waals surface area contributed by atoms with Crippen LogP contribution in [0.4, 0.5) is 25.0 Å². The van der Waals surface area contributed by atoms with Gasteiger partial charge in [-0.15, -0.1) is 11.3 Å². The van der Waals surface area contributed by atoms with Crippen molar-refractivity contribution >= 4 is 45.7 Å². The first-order chi connectivity index (χ1) is 18.6. The topological polar surface area (TPSA) is 112 Å². The van der Waals surface area contributed by atoms with Crippen LogP contribution in [-0.4, -0.2) is 51.7 Å². The molecule has 3 aromatic heterocycles. The number of anilines is 2. The number of nitrogens with zero attached hydrogens (tertiary/aromatic N) is 3. The predicted octanol–water partition coefficient (Wildman–Crippen LogP) is 5.71. The minimum atomic E-state index is -0.750. The molecule has 9 nitrogen and oxygen atoms in total. The fourth-order valence-corrected chi connectivity index (χ4v) is 5.43. The summed E-state index contributed by atoms with van der Waals surface area (Å²) in [6.07, 6.45) is 4.44. The van der Waals surface area contributed by atoms with Crippen molar-refractivity contribution in [1.29, 1.82) is 0 Å². The van der Waals surface area contributed by atoms with Crippen molar-refractivity contribution in [3.8, 4) is 10.6 Å². The Hall–Kier alpha value is -4.06. The van der Waals surface area contributed by atoms with Crippen molar-refractivity contribution in [3.05, 3.63) is 59.4 Å². The van der Waals surface area contributed by atoms with E-state index >= 15 is 0 Å². The van der Waals surface area contributed by atoms with E-state index in [1.54, 1.807) is 12.4 Å². The number of aromatic nitrogens is 3. The maximum absolute atomic E-state index is 14.2. The van der Waals surface area contributed by atoms with Crippen LogP contribution < -0.4 is 15.5 Å². The van der Waals surface area contributed by atoms with Crippen LogP contribution in [0, 0.1) is 11.6 Å². The Morgan fingerprint density at radius 2 is 1.97 bits per heavy atom. The van der Waals surface area contributed by atoms with Crippen molar-refractivity contribution in [1.82, 2.24) is 20.3 Å². The molecule has 0 spiro atoms. The van der Waals surface area contributed by atoms with Gasteiger partial charge >= 0.3 is 6.09 Å². The van der Waals surface area contributed by atoms with Gasteiger partial charge in [-0.25, -0.2) is 23.5 Å². The van der Waals surface area contributed by atoms with Crippen LogP contribution in [0.15, 0.2) is 42.0 Å². The van der Waals surface area contributed by atoms with Gasteiger partial charge in [-0.3, -0.25) is 4.79 Å². The Labute approximate surface area is 227 Å². The van der Waals surface area contributed by atoms with Gasteiger partial charge in [0.05, 0.1) is 23.1 Å². The molecule has 0 unspecified atom stereocenters. The van der Waals surface area contributed by atoms with Gasteiger partial charge in [0.2, 0.25) is 0 Å². The zero-order valence-electron chi connectivity index (χ0n) is 21.7. The van der Waals surface area contributed by atoms with Crippen LogP contribution in [0.25, 0.3) is 21.6 Å². The number of aromatic amines is 1. The third-order valence-electron chi connectivity index (χ3n) is 6.18. The van der Waals surface area contributed by atoms with E-state index in [0.29, 0.717) is 24.4 Å². The third-order valence-corrected chi connectivity index (χ3v) is 7.04. The standard InChI is InChI=1S/C27H28F2N6O3S/c1-27(2,3)38-26(37)32-15-6-5-11-35(13-15)22-16-9-10-30-23(16)31-12-19(22)33-24(36)20-14-39-25(34-20)21-17(28)7-4-8-18(21)29/h4,7-10,12,14-15H,5-6,11,13H2,1-3H3,(H,30,31)(H,32,37)(H,33,36)/t15-/m0/s1. The number of H-pyrrole nitrogens is 1. The maximum Gasteiger partial charge on any atom is 0.407 e. The molecule has 2 amide bonds. The number of thiazole rings is 1. The number of carbonyl (C=O) groups excluding carboxylic acids is 2. The summed E-state index contributed by atoms with van der Waals surface area (Å²) in [5.74, 6) is -2.03. The van der Waals surface area contributed by atoms with Crippen LogP contribution in [0.1, 0.15) is 44.1 Å². The lowest BCUT2D eigenvalue weighted by Gasteiger charge is -2.36. The highest BCUT2D eigenvalue weighted by molar-refractivity contribution is 7.13. The van der Waals surface area contributed by atoms with Gasteiger partial charge in [0.15, 0.2) is 0 Å². The Morgan fingerprint density at radius 3 is 2.72 bits per heavy atom. The van der Waals surface area contributed by atoms with E-state index in [1.165, 1.54) is 11.4 Å². The number of nitrogens with one attached hydrogen (secondary N) is 3. The highest BCUT2D eigenvalue weighted by Crippen LogP contribution is 2.36. The predicted molar refractivity (Wildman–Crippen MR) is 146 cm³/mol. The van der Waals surface area contributed by atoms with Crippen molar-refractivity contribution in [2.24, 2.45) is 0 Å². The summed E-state index contributed by atoms with van der Waals surface area (Å²) in [6, 6.07) is 5.28. The van der Waals surface area contributed by atoms with Crippen molar-refractivity contribution in [3.63, 3.8) is 0 Å².